The summed E-state index contributed by atoms with van der Waals surface area (Å²) >= 11 is 9.88. The fourth-order valence-electron chi connectivity index (χ4n) is 3.87. The lowest BCUT2D eigenvalue weighted by Crippen LogP contribution is -2.51. The van der Waals surface area contributed by atoms with E-state index in [0.717, 1.165) is 19.9 Å². The molecular weight excluding hydrogens is 602 g/mol. The fourth-order valence-corrected chi connectivity index (χ4v) is 6.04. The predicted octanol–water partition coefficient (Wildman–Crippen LogP) is 5.80. The van der Waals surface area contributed by atoms with Crippen molar-refractivity contribution in [3.63, 3.8) is 0 Å². The van der Waals surface area contributed by atoms with Gasteiger partial charge in [0.25, 0.3) is 10.0 Å². The maximum atomic E-state index is 13.9. The van der Waals surface area contributed by atoms with E-state index in [9.17, 15) is 18.0 Å². The summed E-state index contributed by atoms with van der Waals surface area (Å²) < 4.78 is 29.5. The van der Waals surface area contributed by atoms with Crippen LogP contribution in [0.15, 0.2) is 82.2 Å². The Morgan fingerprint density at radius 3 is 2.26 bits per heavy atom. The number of rotatable bonds is 11. The molecule has 0 aliphatic carbocycles. The van der Waals surface area contributed by atoms with Gasteiger partial charge in [-0.2, -0.15) is 0 Å². The first-order chi connectivity index (χ1) is 18.4. The van der Waals surface area contributed by atoms with Crippen molar-refractivity contribution in [3.8, 4) is 0 Å². The molecule has 0 spiro atoms. The zero-order valence-corrected chi connectivity index (χ0v) is 25.6. The smallest absolute Gasteiger partial charge is 0.264 e. The van der Waals surface area contributed by atoms with Crippen molar-refractivity contribution in [2.75, 3.05) is 17.4 Å². The average Bonchev–Trinajstić information content (AvgIpc) is 2.89. The van der Waals surface area contributed by atoms with E-state index in [1.165, 1.54) is 17.0 Å². The zero-order chi connectivity index (χ0) is 28.7. The van der Waals surface area contributed by atoms with E-state index in [1.54, 1.807) is 43.3 Å². The molecule has 39 heavy (non-hydrogen) atoms. The van der Waals surface area contributed by atoms with Gasteiger partial charge in [0.15, 0.2) is 0 Å². The Morgan fingerprint density at radius 1 is 0.974 bits per heavy atom. The summed E-state index contributed by atoms with van der Waals surface area (Å²) in [5, 5.41) is 3.06. The van der Waals surface area contributed by atoms with Crippen molar-refractivity contribution in [2.45, 2.75) is 45.2 Å². The number of carbonyl (C=O) groups is 2. The summed E-state index contributed by atoms with van der Waals surface area (Å²) in [5.74, 6) is -0.638. The van der Waals surface area contributed by atoms with Gasteiger partial charge in [-0.15, -0.1) is 0 Å². The third-order valence-corrected chi connectivity index (χ3v) is 8.69. The molecule has 0 aromatic heterocycles. The number of hydrogen-bond acceptors (Lipinski definition) is 4. The minimum atomic E-state index is -4.18. The molecule has 10 heteroatoms. The minimum absolute atomic E-state index is 0.0297. The van der Waals surface area contributed by atoms with Crippen molar-refractivity contribution in [1.82, 2.24) is 10.2 Å². The third-order valence-electron chi connectivity index (χ3n) is 6.10. The molecule has 3 aromatic carbocycles. The molecule has 2 amide bonds. The van der Waals surface area contributed by atoms with Crippen molar-refractivity contribution >= 4 is 55.1 Å². The molecule has 0 saturated carbocycles. The normalized spacial score (nSPS) is 12.2. The van der Waals surface area contributed by atoms with Gasteiger partial charge >= 0.3 is 0 Å². The SMILES string of the molecule is Cc1ccc(S(=O)(=O)N(CC(=O)N(Cc2cccc(Br)c2)[C@@H](C)C(=O)NCC(C)C)c2ccccc2Cl)cc1. The van der Waals surface area contributed by atoms with Crippen LogP contribution in [0.2, 0.25) is 5.02 Å². The number of nitrogens with zero attached hydrogens (tertiary/aromatic N) is 2. The maximum Gasteiger partial charge on any atom is 0.264 e. The van der Waals surface area contributed by atoms with Gasteiger partial charge in [0.05, 0.1) is 15.6 Å². The Kier molecular flexibility index (Phi) is 10.6. The van der Waals surface area contributed by atoms with Gasteiger partial charge in [-0.1, -0.05) is 83.3 Å². The molecule has 0 aliphatic heterocycles. The monoisotopic (exact) mass is 633 g/mol. The molecule has 0 aliphatic rings. The second kappa shape index (κ2) is 13.5. The first kappa shape index (κ1) is 30.7. The second-order valence-corrected chi connectivity index (χ2v) is 12.9. The van der Waals surface area contributed by atoms with Crippen LogP contribution in [0.5, 0.6) is 0 Å². The van der Waals surface area contributed by atoms with Crippen LogP contribution < -0.4 is 9.62 Å². The number of aryl methyl sites for hydroxylation is 1. The lowest BCUT2D eigenvalue weighted by atomic mass is 10.1. The highest BCUT2D eigenvalue weighted by Gasteiger charge is 2.33. The molecule has 208 valence electrons. The Hall–Kier alpha value is -2.88. The average molecular weight is 635 g/mol. The zero-order valence-electron chi connectivity index (χ0n) is 22.4. The Morgan fingerprint density at radius 2 is 1.64 bits per heavy atom. The molecule has 0 heterocycles. The van der Waals surface area contributed by atoms with Gasteiger partial charge < -0.3 is 10.2 Å². The van der Waals surface area contributed by atoms with Gasteiger partial charge in [0.2, 0.25) is 11.8 Å². The number of benzene rings is 3. The van der Waals surface area contributed by atoms with Gasteiger partial charge in [0.1, 0.15) is 12.6 Å². The van der Waals surface area contributed by atoms with E-state index >= 15 is 0 Å². The number of anilines is 1. The van der Waals surface area contributed by atoms with Crippen molar-refractivity contribution < 1.29 is 18.0 Å². The number of sulfonamides is 1. The molecule has 3 aromatic rings. The summed E-state index contributed by atoms with van der Waals surface area (Å²) in [7, 11) is -4.18. The number of amides is 2. The van der Waals surface area contributed by atoms with Crippen LogP contribution in [0.3, 0.4) is 0 Å². The van der Waals surface area contributed by atoms with Crippen LogP contribution in [0.1, 0.15) is 31.9 Å². The van der Waals surface area contributed by atoms with E-state index in [-0.39, 0.29) is 34.0 Å². The molecule has 3 rings (SSSR count). The standard InChI is InChI=1S/C29H33BrClN3O4S/c1-20(2)17-32-29(36)22(4)33(18-23-8-7-9-24(30)16-23)28(35)19-34(27-11-6-5-10-26(27)31)39(37,38)25-14-12-21(3)13-15-25/h5-16,20,22H,17-19H2,1-4H3,(H,32,36)/t22-/m0/s1. The predicted molar refractivity (Wildman–Crippen MR) is 159 cm³/mol. The number of para-hydroxylation sites is 1. The van der Waals surface area contributed by atoms with Crippen LogP contribution in [0.25, 0.3) is 0 Å². The van der Waals surface area contributed by atoms with E-state index in [0.29, 0.717) is 6.54 Å². The van der Waals surface area contributed by atoms with Gasteiger partial charge in [0, 0.05) is 17.6 Å². The van der Waals surface area contributed by atoms with Crippen LogP contribution in [0, 0.1) is 12.8 Å². The van der Waals surface area contributed by atoms with E-state index in [1.807, 2.05) is 45.0 Å². The summed E-state index contributed by atoms with van der Waals surface area (Å²) in [6.45, 7) is 7.47. The van der Waals surface area contributed by atoms with E-state index < -0.39 is 28.5 Å². The topological polar surface area (TPSA) is 86.8 Å². The molecule has 0 saturated heterocycles. The molecule has 1 atom stereocenters. The number of nitrogens with one attached hydrogen (secondary N) is 1. The maximum absolute atomic E-state index is 13.9. The molecule has 0 radical (unpaired) electrons. The van der Waals surface area contributed by atoms with Crippen LogP contribution in [0.4, 0.5) is 5.69 Å². The molecule has 1 N–H and O–H groups in total. The summed E-state index contributed by atoms with van der Waals surface area (Å²) in [5.41, 5.74) is 1.86. The van der Waals surface area contributed by atoms with Gasteiger partial charge in [-0.3, -0.25) is 13.9 Å². The van der Waals surface area contributed by atoms with E-state index in [2.05, 4.69) is 21.2 Å². The highest BCUT2D eigenvalue weighted by molar-refractivity contribution is 9.10. The first-order valence-electron chi connectivity index (χ1n) is 12.6. The number of halogens is 2. The van der Waals surface area contributed by atoms with Crippen LogP contribution in [-0.4, -0.2) is 44.3 Å². The lowest BCUT2D eigenvalue weighted by molar-refractivity contribution is -0.139. The summed E-state index contributed by atoms with van der Waals surface area (Å²) in [6, 6.07) is 19.4. The Bertz CT molecular complexity index is 1410. The first-order valence-corrected chi connectivity index (χ1v) is 15.2. The molecular formula is C29H33BrClN3O4S. The number of carbonyl (C=O) groups excluding carboxylic acids is 2. The second-order valence-electron chi connectivity index (χ2n) is 9.74. The third kappa shape index (κ3) is 8.06. The van der Waals surface area contributed by atoms with Crippen molar-refractivity contribution in [1.29, 1.82) is 0 Å². The van der Waals surface area contributed by atoms with Crippen molar-refractivity contribution in [3.05, 3.63) is 93.4 Å². The molecule has 0 fully saturated rings. The quantitative estimate of drug-likeness (QED) is 0.289. The van der Waals surface area contributed by atoms with E-state index in [4.69, 9.17) is 11.6 Å². The summed E-state index contributed by atoms with van der Waals surface area (Å²) in [6.07, 6.45) is 0. The highest BCUT2D eigenvalue weighted by Crippen LogP contribution is 2.31. The fraction of sp³-hybridized carbons (Fsp3) is 0.310. The van der Waals surface area contributed by atoms with Crippen LogP contribution in [-0.2, 0) is 26.2 Å². The Labute approximate surface area is 244 Å². The summed E-state index contributed by atoms with van der Waals surface area (Å²) in [4.78, 5) is 28.4. The van der Waals surface area contributed by atoms with Gasteiger partial charge in [-0.25, -0.2) is 8.42 Å². The molecule has 7 nitrogen and oxygen atoms in total. The largest absolute Gasteiger partial charge is 0.354 e. The number of hydrogen-bond donors (Lipinski definition) is 1. The van der Waals surface area contributed by atoms with Gasteiger partial charge in [-0.05, 0) is 61.7 Å². The Balaban J connectivity index is 2.02. The lowest BCUT2D eigenvalue weighted by Gasteiger charge is -2.32. The molecule has 0 bridgehead atoms. The molecule has 0 unspecified atom stereocenters. The van der Waals surface area contributed by atoms with Crippen molar-refractivity contribution in [2.24, 2.45) is 5.92 Å². The van der Waals surface area contributed by atoms with Crippen LogP contribution >= 0.6 is 27.5 Å². The minimum Gasteiger partial charge on any atom is -0.354 e. The highest BCUT2D eigenvalue weighted by atomic mass is 79.9.